The largest absolute Gasteiger partial charge is 0.358 e. The van der Waals surface area contributed by atoms with Crippen LogP contribution in [0.5, 0.6) is 0 Å². The average molecular weight is 242 g/mol. The van der Waals surface area contributed by atoms with E-state index < -0.39 is 5.79 Å². The molecule has 0 aromatic rings. The Morgan fingerprint density at radius 2 is 2.00 bits per heavy atom. The van der Waals surface area contributed by atoms with Gasteiger partial charge in [0, 0.05) is 6.04 Å². The Morgan fingerprint density at radius 3 is 2.53 bits per heavy atom. The number of hydrogen-bond acceptors (Lipinski definition) is 4. The minimum Gasteiger partial charge on any atom is -0.358 e. The third kappa shape index (κ3) is 2.32. The van der Waals surface area contributed by atoms with Crippen LogP contribution < -0.4 is 5.32 Å². The summed E-state index contributed by atoms with van der Waals surface area (Å²) in [7, 11) is 0. The van der Waals surface area contributed by atoms with Crippen molar-refractivity contribution in [1.29, 1.82) is 0 Å². The maximum absolute atomic E-state index is 12.0. The SMILES string of the molecule is CC(C)N1CC2(CCNCC2)OC(C)(O)C1=O. The summed E-state index contributed by atoms with van der Waals surface area (Å²) in [6.45, 7) is 7.71. The van der Waals surface area contributed by atoms with Gasteiger partial charge in [-0.25, -0.2) is 0 Å². The van der Waals surface area contributed by atoms with E-state index in [1.54, 1.807) is 4.90 Å². The molecule has 1 spiro atoms. The van der Waals surface area contributed by atoms with Crippen LogP contribution in [0.1, 0.15) is 33.6 Å². The minimum atomic E-state index is -1.68. The second-order valence-corrected chi connectivity index (χ2v) is 5.54. The standard InChI is InChI=1S/C12H22N2O3/c1-9(2)14-8-12(4-6-13-7-5-12)17-11(3,16)10(14)15/h9,13,16H,4-8H2,1-3H3. The van der Waals surface area contributed by atoms with Crippen molar-refractivity contribution >= 4 is 5.91 Å². The van der Waals surface area contributed by atoms with Crippen molar-refractivity contribution in [2.75, 3.05) is 19.6 Å². The third-order valence-electron chi connectivity index (χ3n) is 3.67. The highest BCUT2D eigenvalue weighted by Gasteiger charge is 2.51. The van der Waals surface area contributed by atoms with Crippen molar-refractivity contribution in [2.24, 2.45) is 0 Å². The summed E-state index contributed by atoms with van der Waals surface area (Å²) in [4.78, 5) is 13.8. The number of carbonyl (C=O) groups is 1. The van der Waals surface area contributed by atoms with Crippen LogP contribution >= 0.6 is 0 Å². The summed E-state index contributed by atoms with van der Waals surface area (Å²) >= 11 is 0. The molecule has 2 rings (SSSR count). The smallest absolute Gasteiger partial charge is 0.282 e. The summed E-state index contributed by atoms with van der Waals surface area (Å²) in [5.41, 5.74) is -0.382. The van der Waals surface area contributed by atoms with E-state index in [-0.39, 0.29) is 17.6 Å². The van der Waals surface area contributed by atoms with Gasteiger partial charge in [0.25, 0.3) is 5.91 Å². The number of aliphatic hydroxyl groups is 1. The van der Waals surface area contributed by atoms with Crippen molar-refractivity contribution < 1.29 is 14.6 Å². The van der Waals surface area contributed by atoms with E-state index in [1.807, 2.05) is 13.8 Å². The Morgan fingerprint density at radius 1 is 1.41 bits per heavy atom. The number of nitrogens with one attached hydrogen (secondary N) is 1. The van der Waals surface area contributed by atoms with Gasteiger partial charge in [-0.3, -0.25) is 4.79 Å². The molecule has 17 heavy (non-hydrogen) atoms. The van der Waals surface area contributed by atoms with Gasteiger partial charge in [0.1, 0.15) is 0 Å². The summed E-state index contributed by atoms with van der Waals surface area (Å²) in [5.74, 6) is -2.00. The zero-order valence-corrected chi connectivity index (χ0v) is 10.8. The van der Waals surface area contributed by atoms with E-state index in [1.165, 1.54) is 6.92 Å². The number of rotatable bonds is 1. The second-order valence-electron chi connectivity index (χ2n) is 5.54. The normalized spacial score (nSPS) is 33.5. The van der Waals surface area contributed by atoms with Crippen LogP contribution in [-0.4, -0.2) is 53.0 Å². The topological polar surface area (TPSA) is 61.8 Å². The number of nitrogens with zero attached hydrogens (tertiary/aromatic N) is 1. The number of morpholine rings is 1. The lowest BCUT2D eigenvalue weighted by atomic mass is 9.88. The number of piperidine rings is 1. The summed E-state index contributed by atoms with van der Waals surface area (Å²) in [6, 6.07) is 0.0876. The van der Waals surface area contributed by atoms with Crippen LogP contribution in [0.2, 0.25) is 0 Å². The first-order chi connectivity index (χ1) is 7.86. The van der Waals surface area contributed by atoms with Crippen LogP contribution in [-0.2, 0) is 9.53 Å². The first-order valence-electron chi connectivity index (χ1n) is 6.31. The molecule has 1 amide bonds. The fourth-order valence-electron chi connectivity index (χ4n) is 2.71. The lowest BCUT2D eigenvalue weighted by Gasteiger charge is -2.51. The molecule has 0 aliphatic carbocycles. The Balaban J connectivity index is 2.24. The Hall–Kier alpha value is -0.650. The van der Waals surface area contributed by atoms with Gasteiger partial charge in [0.2, 0.25) is 5.79 Å². The predicted molar refractivity (Wildman–Crippen MR) is 63.4 cm³/mol. The second kappa shape index (κ2) is 4.23. The first kappa shape index (κ1) is 12.8. The van der Waals surface area contributed by atoms with E-state index in [9.17, 15) is 9.90 Å². The molecule has 2 N–H and O–H groups in total. The molecule has 1 atom stereocenters. The number of carbonyl (C=O) groups excluding carboxylic acids is 1. The molecule has 0 aromatic heterocycles. The Kier molecular flexibility index (Phi) is 3.18. The van der Waals surface area contributed by atoms with Crippen molar-refractivity contribution in [3.05, 3.63) is 0 Å². The zero-order chi connectivity index (χ0) is 12.7. The van der Waals surface area contributed by atoms with Crippen molar-refractivity contribution in [2.45, 2.75) is 51.0 Å². The molecule has 2 heterocycles. The quantitative estimate of drug-likeness (QED) is 0.684. The molecule has 1 unspecified atom stereocenters. The minimum absolute atomic E-state index is 0.0876. The molecule has 2 aliphatic rings. The zero-order valence-electron chi connectivity index (χ0n) is 10.8. The maximum atomic E-state index is 12.0. The highest BCUT2D eigenvalue weighted by molar-refractivity contribution is 5.84. The van der Waals surface area contributed by atoms with Gasteiger partial charge >= 0.3 is 0 Å². The van der Waals surface area contributed by atoms with Gasteiger partial charge in [-0.05, 0) is 46.7 Å². The molecule has 5 nitrogen and oxygen atoms in total. The molecule has 98 valence electrons. The van der Waals surface area contributed by atoms with E-state index >= 15 is 0 Å². The first-order valence-corrected chi connectivity index (χ1v) is 6.31. The molecular weight excluding hydrogens is 220 g/mol. The number of ether oxygens (including phenoxy) is 1. The van der Waals surface area contributed by atoms with Gasteiger partial charge in [0.05, 0.1) is 12.1 Å². The van der Waals surface area contributed by atoms with Gasteiger partial charge in [0.15, 0.2) is 0 Å². The molecule has 5 heteroatoms. The Labute approximate surface area is 102 Å². The highest BCUT2D eigenvalue weighted by Crippen LogP contribution is 2.35. The molecule has 0 aromatic carbocycles. The summed E-state index contributed by atoms with van der Waals surface area (Å²) in [5, 5.41) is 13.4. The molecule has 2 fully saturated rings. The highest BCUT2D eigenvalue weighted by atomic mass is 16.6. The lowest BCUT2D eigenvalue weighted by Crippen LogP contribution is -2.67. The monoisotopic (exact) mass is 242 g/mol. The molecule has 0 radical (unpaired) electrons. The fraction of sp³-hybridized carbons (Fsp3) is 0.917. The van der Waals surface area contributed by atoms with Crippen LogP contribution in [0.4, 0.5) is 0 Å². The molecular formula is C12H22N2O3. The number of amides is 1. The van der Waals surface area contributed by atoms with E-state index in [2.05, 4.69) is 5.32 Å². The molecule has 2 saturated heterocycles. The molecule has 0 saturated carbocycles. The van der Waals surface area contributed by atoms with Crippen molar-refractivity contribution in [3.8, 4) is 0 Å². The third-order valence-corrected chi connectivity index (χ3v) is 3.67. The van der Waals surface area contributed by atoms with Gasteiger partial charge in [-0.1, -0.05) is 0 Å². The van der Waals surface area contributed by atoms with Gasteiger partial charge < -0.3 is 20.1 Å². The van der Waals surface area contributed by atoms with Crippen LogP contribution in [0.25, 0.3) is 0 Å². The number of hydrogen-bond donors (Lipinski definition) is 2. The Bertz CT molecular complexity index is 309. The predicted octanol–water partition coefficient (Wildman–Crippen LogP) is 0.0843. The molecule has 2 aliphatic heterocycles. The van der Waals surface area contributed by atoms with Gasteiger partial charge in [-0.15, -0.1) is 0 Å². The van der Waals surface area contributed by atoms with Crippen LogP contribution in [0.3, 0.4) is 0 Å². The van der Waals surface area contributed by atoms with E-state index in [0.29, 0.717) is 6.54 Å². The average Bonchev–Trinajstić information content (AvgIpc) is 2.24. The summed E-state index contributed by atoms with van der Waals surface area (Å²) in [6.07, 6.45) is 1.67. The maximum Gasteiger partial charge on any atom is 0.282 e. The fourth-order valence-corrected chi connectivity index (χ4v) is 2.71. The van der Waals surface area contributed by atoms with E-state index in [0.717, 1.165) is 25.9 Å². The summed E-state index contributed by atoms with van der Waals surface area (Å²) < 4.78 is 5.72. The van der Waals surface area contributed by atoms with E-state index in [4.69, 9.17) is 4.74 Å². The van der Waals surface area contributed by atoms with Crippen LogP contribution in [0.15, 0.2) is 0 Å². The van der Waals surface area contributed by atoms with Crippen LogP contribution in [0, 0.1) is 0 Å². The molecule has 0 bridgehead atoms. The van der Waals surface area contributed by atoms with Crippen molar-refractivity contribution in [3.63, 3.8) is 0 Å². The van der Waals surface area contributed by atoms with Gasteiger partial charge in [-0.2, -0.15) is 0 Å². The lowest BCUT2D eigenvalue weighted by molar-refractivity contribution is -0.284. The van der Waals surface area contributed by atoms with Crippen molar-refractivity contribution in [1.82, 2.24) is 10.2 Å².